The second-order valence-electron chi connectivity index (χ2n) is 0.577. The summed E-state index contributed by atoms with van der Waals surface area (Å²) in [6.07, 6.45) is 0. The van der Waals surface area contributed by atoms with E-state index in [1.165, 1.54) is 0 Å². The molecule has 4 N–H and O–H groups in total. The van der Waals surface area contributed by atoms with Gasteiger partial charge < -0.3 is 11.5 Å². The Hall–Kier alpha value is 0.790. The maximum absolute atomic E-state index is 4.90. The van der Waals surface area contributed by atoms with Gasteiger partial charge in [0.05, 0.1) is 0 Å². The molecule has 0 spiro atoms. The van der Waals surface area contributed by atoms with E-state index < -0.39 is 0 Å². The van der Waals surface area contributed by atoms with E-state index in [9.17, 15) is 0 Å². The van der Waals surface area contributed by atoms with Crippen molar-refractivity contribution >= 4 is 25.8 Å². The van der Waals surface area contributed by atoms with Crippen LogP contribution in [0, 0.1) is 0 Å². The molecule has 0 rings (SSSR count). The number of hydrogen-bond donors (Lipinski definition) is 2. The third-order valence-electron chi connectivity index (χ3n) is 0.167. The van der Waals surface area contributed by atoms with Crippen LogP contribution in [0.2, 0.25) is 0 Å². The van der Waals surface area contributed by atoms with Crippen molar-refractivity contribution in [3.05, 3.63) is 0 Å². The molecule has 0 atom stereocenters. The fourth-order valence-electron chi connectivity index (χ4n) is 0. The minimum atomic E-state index is 0. The Morgan fingerprint density at radius 3 is 1.20 bits per heavy atom. The molecular weight excluding hydrogens is 167 g/mol. The van der Waals surface area contributed by atoms with Crippen molar-refractivity contribution in [1.82, 2.24) is 0 Å². The van der Waals surface area contributed by atoms with E-state index in [1.54, 1.807) is 0 Å². The predicted molar refractivity (Wildman–Crippen MR) is 28.0 cm³/mol. The van der Waals surface area contributed by atoms with Crippen LogP contribution >= 0.6 is 0 Å². The van der Waals surface area contributed by atoms with Crippen LogP contribution in [0.5, 0.6) is 0 Å². The normalized spacial score (nSPS) is 6.00. The standard InChI is InChI=1S/C2H8N2.In.3H/c3-1-2-4;;;;/h1-4H2;;;;. The first-order chi connectivity index (χ1) is 1.91. The van der Waals surface area contributed by atoms with Crippen molar-refractivity contribution in [3.8, 4) is 0 Å². The van der Waals surface area contributed by atoms with Crippen molar-refractivity contribution in [2.75, 3.05) is 13.1 Å². The van der Waals surface area contributed by atoms with E-state index in [0.29, 0.717) is 13.1 Å². The van der Waals surface area contributed by atoms with Crippen LogP contribution in [-0.4, -0.2) is 38.9 Å². The zero-order chi connectivity index (χ0) is 3.41. The van der Waals surface area contributed by atoms with Crippen LogP contribution in [0.1, 0.15) is 0 Å². The summed E-state index contributed by atoms with van der Waals surface area (Å²) in [5.74, 6) is 0. The fraction of sp³-hybridized carbons (Fsp3) is 1.00. The molecule has 0 heterocycles. The van der Waals surface area contributed by atoms with E-state index in [-0.39, 0.29) is 25.8 Å². The summed E-state index contributed by atoms with van der Waals surface area (Å²) < 4.78 is 0. The summed E-state index contributed by atoms with van der Waals surface area (Å²) in [4.78, 5) is 0. The summed E-state index contributed by atoms with van der Waals surface area (Å²) in [5.41, 5.74) is 9.81. The van der Waals surface area contributed by atoms with Gasteiger partial charge >= 0.3 is 25.8 Å². The Balaban J connectivity index is 0. The molecule has 0 unspecified atom stereocenters. The van der Waals surface area contributed by atoms with Gasteiger partial charge in [0.1, 0.15) is 0 Å². The zero-order valence-electron chi connectivity index (χ0n) is 2.57. The zero-order valence-corrected chi connectivity index (χ0v) is 2.57. The summed E-state index contributed by atoms with van der Waals surface area (Å²) in [6.45, 7) is 1.19. The Morgan fingerprint density at radius 1 is 1.00 bits per heavy atom. The predicted octanol–water partition coefficient (Wildman–Crippen LogP) is -2.28. The molecule has 0 saturated carbocycles. The van der Waals surface area contributed by atoms with Gasteiger partial charge in [0.25, 0.3) is 0 Å². The number of hydrogen-bond acceptors (Lipinski definition) is 2. The van der Waals surface area contributed by atoms with E-state index in [1.807, 2.05) is 0 Å². The Labute approximate surface area is 50.7 Å². The van der Waals surface area contributed by atoms with Gasteiger partial charge in [0, 0.05) is 13.1 Å². The third-order valence-corrected chi connectivity index (χ3v) is 0.167. The van der Waals surface area contributed by atoms with Crippen LogP contribution in [0.3, 0.4) is 0 Å². The molecular formula is C2H11InN2. The van der Waals surface area contributed by atoms with Crippen LogP contribution in [-0.2, 0) is 0 Å². The number of rotatable bonds is 1. The molecule has 0 aliphatic carbocycles. The number of nitrogens with two attached hydrogens (primary N) is 2. The van der Waals surface area contributed by atoms with Gasteiger partial charge in [0.2, 0.25) is 0 Å². The van der Waals surface area contributed by atoms with Crippen LogP contribution in [0.15, 0.2) is 0 Å². The van der Waals surface area contributed by atoms with Crippen molar-refractivity contribution in [2.45, 2.75) is 0 Å². The average Bonchev–Trinajstić information content (AvgIpc) is 1.37. The second-order valence-corrected chi connectivity index (χ2v) is 0.577. The van der Waals surface area contributed by atoms with E-state index in [0.717, 1.165) is 0 Å². The molecule has 0 aromatic heterocycles. The molecule has 0 aliphatic heterocycles. The molecule has 0 bridgehead atoms. The quantitative estimate of drug-likeness (QED) is 0.475. The Morgan fingerprint density at radius 2 is 1.20 bits per heavy atom. The van der Waals surface area contributed by atoms with E-state index in [2.05, 4.69) is 0 Å². The summed E-state index contributed by atoms with van der Waals surface area (Å²) >= 11 is 0. The molecule has 5 heavy (non-hydrogen) atoms. The Bertz CT molecular complexity index is 9.61. The first-order valence-corrected chi connectivity index (χ1v) is 1.32. The van der Waals surface area contributed by atoms with Gasteiger partial charge in [-0.25, -0.2) is 0 Å². The SMILES string of the molecule is NCCN.[InH3]. The molecule has 0 aromatic rings. The van der Waals surface area contributed by atoms with Crippen LogP contribution in [0.4, 0.5) is 0 Å². The van der Waals surface area contributed by atoms with Crippen molar-refractivity contribution < 1.29 is 0 Å². The van der Waals surface area contributed by atoms with Gasteiger partial charge in [-0.05, 0) is 0 Å². The first-order valence-electron chi connectivity index (χ1n) is 1.32. The average molecular weight is 178 g/mol. The molecule has 0 aromatic carbocycles. The van der Waals surface area contributed by atoms with Crippen molar-refractivity contribution in [3.63, 3.8) is 0 Å². The van der Waals surface area contributed by atoms with Crippen LogP contribution in [0.25, 0.3) is 0 Å². The van der Waals surface area contributed by atoms with Gasteiger partial charge in [0.15, 0.2) is 0 Å². The topological polar surface area (TPSA) is 52.0 Å². The molecule has 3 heteroatoms. The van der Waals surface area contributed by atoms with Gasteiger partial charge in [-0.15, -0.1) is 0 Å². The molecule has 0 radical (unpaired) electrons. The monoisotopic (exact) mass is 178 g/mol. The molecule has 2 nitrogen and oxygen atoms in total. The van der Waals surface area contributed by atoms with E-state index >= 15 is 0 Å². The molecule has 0 saturated heterocycles. The fourth-order valence-corrected chi connectivity index (χ4v) is 0. The Kier molecular flexibility index (Phi) is 16.3. The molecule has 32 valence electrons. The molecule has 0 amide bonds. The second kappa shape index (κ2) is 8.84. The van der Waals surface area contributed by atoms with Crippen molar-refractivity contribution in [2.24, 2.45) is 11.5 Å². The summed E-state index contributed by atoms with van der Waals surface area (Å²) in [7, 11) is 0. The first kappa shape index (κ1) is 9.25. The molecule has 0 aliphatic rings. The van der Waals surface area contributed by atoms with Gasteiger partial charge in [-0.2, -0.15) is 0 Å². The minimum absolute atomic E-state index is 0. The van der Waals surface area contributed by atoms with Crippen molar-refractivity contribution in [1.29, 1.82) is 0 Å². The van der Waals surface area contributed by atoms with Gasteiger partial charge in [-0.3, -0.25) is 0 Å². The van der Waals surface area contributed by atoms with E-state index in [4.69, 9.17) is 11.5 Å². The van der Waals surface area contributed by atoms with Gasteiger partial charge in [-0.1, -0.05) is 0 Å². The molecule has 0 fully saturated rings. The third kappa shape index (κ3) is 11.6. The summed E-state index contributed by atoms with van der Waals surface area (Å²) in [6, 6.07) is 0. The summed E-state index contributed by atoms with van der Waals surface area (Å²) in [5, 5.41) is 0. The maximum atomic E-state index is 4.90. The van der Waals surface area contributed by atoms with Crippen LogP contribution < -0.4 is 11.5 Å².